The van der Waals surface area contributed by atoms with E-state index in [0.29, 0.717) is 45.6 Å². The van der Waals surface area contributed by atoms with Gasteiger partial charge in [-0.05, 0) is 56.2 Å². The Morgan fingerprint density at radius 1 is 1.19 bits per heavy atom. The molecule has 1 aromatic rings. The van der Waals surface area contributed by atoms with Gasteiger partial charge in [-0.1, -0.05) is 24.3 Å². The van der Waals surface area contributed by atoms with E-state index in [9.17, 15) is 14.9 Å². The summed E-state index contributed by atoms with van der Waals surface area (Å²) < 4.78 is 11.1. The van der Waals surface area contributed by atoms with Gasteiger partial charge >= 0.3 is 6.09 Å². The molecule has 0 radical (unpaired) electrons. The second-order valence-corrected chi connectivity index (χ2v) is 9.24. The maximum atomic E-state index is 13.3. The second-order valence-electron chi connectivity index (χ2n) is 9.24. The van der Waals surface area contributed by atoms with E-state index in [1.54, 1.807) is 4.90 Å². The van der Waals surface area contributed by atoms with Crippen molar-refractivity contribution >= 4 is 12.0 Å². The molecule has 2 aliphatic heterocycles. The fourth-order valence-corrected chi connectivity index (χ4v) is 4.85. The third-order valence-electron chi connectivity index (χ3n) is 6.90. The summed E-state index contributed by atoms with van der Waals surface area (Å²) in [5.41, 5.74) is 1.67. The molecular weight excluding hydrogens is 408 g/mol. The number of rotatable bonds is 5. The third kappa shape index (κ3) is 5.22. The number of amides is 2. The van der Waals surface area contributed by atoms with Crippen LogP contribution in [0.2, 0.25) is 0 Å². The monoisotopic (exact) mass is 440 g/mol. The average Bonchev–Trinajstić information content (AvgIpc) is 3.23. The van der Waals surface area contributed by atoms with E-state index in [-0.39, 0.29) is 11.8 Å². The molecule has 2 saturated heterocycles. The Labute approximate surface area is 189 Å². The fourth-order valence-electron chi connectivity index (χ4n) is 4.85. The van der Waals surface area contributed by atoms with Crippen molar-refractivity contribution in [2.45, 2.75) is 43.7 Å². The highest BCUT2D eigenvalue weighted by Gasteiger charge is 2.39. The molecule has 2 heterocycles. The molecule has 2 fully saturated rings. The van der Waals surface area contributed by atoms with E-state index in [0.717, 1.165) is 25.9 Å². The van der Waals surface area contributed by atoms with Gasteiger partial charge in [0.2, 0.25) is 0 Å². The maximum absolute atomic E-state index is 13.3. The van der Waals surface area contributed by atoms with Gasteiger partial charge in [-0.3, -0.25) is 4.79 Å². The molecule has 1 aliphatic carbocycles. The predicted octanol–water partition coefficient (Wildman–Crippen LogP) is 1.73. The van der Waals surface area contributed by atoms with Crippen LogP contribution in [0.4, 0.5) is 4.79 Å². The van der Waals surface area contributed by atoms with Gasteiger partial charge in [-0.25, -0.2) is 4.79 Å². The fraction of sp³-hybridized carbons (Fsp3) is 0.625. The van der Waals surface area contributed by atoms with Gasteiger partial charge in [0, 0.05) is 26.2 Å². The number of morpholine rings is 1. The van der Waals surface area contributed by atoms with Gasteiger partial charge < -0.3 is 24.6 Å². The summed E-state index contributed by atoms with van der Waals surface area (Å²) in [6.07, 6.45) is 1.88. The number of piperidine rings is 1. The summed E-state index contributed by atoms with van der Waals surface area (Å²) >= 11 is 0. The lowest BCUT2D eigenvalue weighted by Gasteiger charge is -2.37. The van der Waals surface area contributed by atoms with E-state index in [4.69, 9.17) is 9.47 Å². The minimum absolute atomic E-state index is 0.219. The first kappa shape index (κ1) is 22.6. The molecule has 172 valence electrons. The predicted molar refractivity (Wildman–Crippen MR) is 118 cm³/mol. The van der Waals surface area contributed by atoms with Crippen LogP contribution in [0.5, 0.6) is 0 Å². The Kier molecular flexibility index (Phi) is 6.97. The van der Waals surface area contributed by atoms with Gasteiger partial charge in [0.1, 0.15) is 5.54 Å². The van der Waals surface area contributed by atoms with Crippen LogP contribution in [0.15, 0.2) is 24.3 Å². The third-order valence-corrected chi connectivity index (χ3v) is 6.90. The van der Waals surface area contributed by atoms with Gasteiger partial charge in [-0.2, -0.15) is 5.26 Å². The highest BCUT2D eigenvalue weighted by molar-refractivity contribution is 5.84. The van der Waals surface area contributed by atoms with E-state index in [2.05, 4.69) is 28.4 Å². The van der Waals surface area contributed by atoms with Crippen molar-refractivity contribution in [3.8, 4) is 6.07 Å². The normalized spacial score (nSPS) is 21.9. The first-order valence-corrected chi connectivity index (χ1v) is 11.5. The van der Waals surface area contributed by atoms with Crippen LogP contribution in [-0.4, -0.2) is 79.9 Å². The van der Waals surface area contributed by atoms with E-state index >= 15 is 0 Å². The summed E-state index contributed by atoms with van der Waals surface area (Å²) in [6, 6.07) is 10.6. The van der Waals surface area contributed by atoms with Gasteiger partial charge in [0.25, 0.3) is 5.91 Å². The summed E-state index contributed by atoms with van der Waals surface area (Å²) in [5.74, 6) is -0.148. The molecule has 0 bridgehead atoms. The molecule has 3 aliphatic rings. The number of fused-ring (bicyclic) bond motifs is 1. The highest BCUT2D eigenvalue weighted by Crippen LogP contribution is 2.31. The van der Waals surface area contributed by atoms with E-state index in [1.165, 1.54) is 11.1 Å². The number of ether oxygens (including phenoxy) is 2. The van der Waals surface area contributed by atoms with Crippen molar-refractivity contribution in [3.63, 3.8) is 0 Å². The molecule has 0 saturated carbocycles. The first-order valence-electron chi connectivity index (χ1n) is 11.5. The molecule has 1 aromatic carbocycles. The molecular formula is C24H32N4O4. The number of nitrogens with zero attached hydrogens (tertiary/aromatic N) is 3. The number of carbonyl (C=O) groups is 2. The minimum atomic E-state index is -0.922. The number of hydrogen-bond donors (Lipinski definition) is 1. The SMILES string of the molecule is CN1CCC(C#N)(NC(=O)C(CC2Cc3ccccc3C2)OC(=O)N2CCOCC2)CC1. The molecule has 1 N–H and O–H groups in total. The Bertz CT molecular complexity index is 844. The lowest BCUT2D eigenvalue weighted by Crippen LogP contribution is -2.57. The zero-order chi connectivity index (χ0) is 22.6. The van der Waals surface area contributed by atoms with Crippen molar-refractivity contribution in [1.82, 2.24) is 15.1 Å². The minimum Gasteiger partial charge on any atom is -0.436 e. The van der Waals surface area contributed by atoms with Crippen LogP contribution in [-0.2, 0) is 27.1 Å². The van der Waals surface area contributed by atoms with Crippen molar-refractivity contribution in [3.05, 3.63) is 35.4 Å². The molecule has 8 heteroatoms. The first-order chi connectivity index (χ1) is 15.5. The summed E-state index contributed by atoms with van der Waals surface area (Å²) in [5, 5.41) is 12.8. The van der Waals surface area contributed by atoms with Crippen LogP contribution in [0, 0.1) is 17.2 Å². The maximum Gasteiger partial charge on any atom is 0.410 e. The van der Waals surface area contributed by atoms with Gasteiger partial charge in [-0.15, -0.1) is 0 Å². The van der Waals surface area contributed by atoms with Crippen LogP contribution >= 0.6 is 0 Å². The quantitative estimate of drug-likeness (QED) is 0.749. The number of hydrogen-bond acceptors (Lipinski definition) is 6. The molecule has 1 unspecified atom stereocenters. The molecule has 4 rings (SSSR count). The largest absolute Gasteiger partial charge is 0.436 e. The van der Waals surface area contributed by atoms with Crippen LogP contribution in [0.1, 0.15) is 30.4 Å². The molecule has 8 nitrogen and oxygen atoms in total. The molecule has 1 atom stereocenters. The van der Waals surface area contributed by atoms with Crippen molar-refractivity contribution < 1.29 is 19.1 Å². The van der Waals surface area contributed by atoms with Gasteiger partial charge in [0.05, 0.1) is 19.3 Å². The average molecular weight is 441 g/mol. The standard InChI is InChI=1S/C24H32N4O4/c1-27-8-6-24(17-25,7-9-27)26-22(29)21(32-23(30)28-10-12-31-13-11-28)16-18-14-19-4-2-3-5-20(19)15-18/h2-5,18,21H,6-16H2,1H3,(H,26,29). The zero-order valence-electron chi connectivity index (χ0n) is 18.7. The Morgan fingerprint density at radius 3 is 2.41 bits per heavy atom. The van der Waals surface area contributed by atoms with Crippen molar-refractivity contribution in [2.24, 2.45) is 5.92 Å². The number of nitriles is 1. The van der Waals surface area contributed by atoms with Crippen LogP contribution < -0.4 is 5.32 Å². The number of benzene rings is 1. The topological polar surface area (TPSA) is 94.9 Å². The lowest BCUT2D eigenvalue weighted by atomic mass is 9.88. The Hall–Kier alpha value is -2.63. The van der Waals surface area contributed by atoms with E-state index < -0.39 is 17.7 Å². The smallest absolute Gasteiger partial charge is 0.410 e. The number of likely N-dealkylation sites (tertiary alicyclic amines) is 1. The summed E-state index contributed by atoms with van der Waals surface area (Å²) in [6.45, 7) is 3.32. The Morgan fingerprint density at radius 2 is 1.81 bits per heavy atom. The van der Waals surface area contributed by atoms with Crippen molar-refractivity contribution in [1.29, 1.82) is 5.26 Å². The number of carbonyl (C=O) groups excluding carboxylic acids is 2. The molecule has 0 spiro atoms. The molecule has 32 heavy (non-hydrogen) atoms. The summed E-state index contributed by atoms with van der Waals surface area (Å²) in [7, 11) is 2.01. The number of nitrogens with one attached hydrogen (secondary N) is 1. The van der Waals surface area contributed by atoms with E-state index in [1.807, 2.05) is 19.2 Å². The highest BCUT2D eigenvalue weighted by atomic mass is 16.6. The zero-order valence-corrected chi connectivity index (χ0v) is 18.7. The molecule has 2 amide bonds. The van der Waals surface area contributed by atoms with Crippen LogP contribution in [0.3, 0.4) is 0 Å². The molecule has 0 aromatic heterocycles. The second kappa shape index (κ2) is 9.88. The lowest BCUT2D eigenvalue weighted by molar-refractivity contribution is -0.133. The Balaban J connectivity index is 1.45. The van der Waals surface area contributed by atoms with Crippen molar-refractivity contribution in [2.75, 3.05) is 46.4 Å². The summed E-state index contributed by atoms with van der Waals surface area (Å²) in [4.78, 5) is 29.9. The van der Waals surface area contributed by atoms with Gasteiger partial charge in [0.15, 0.2) is 6.10 Å². The van der Waals surface area contributed by atoms with Crippen LogP contribution in [0.25, 0.3) is 0 Å².